The summed E-state index contributed by atoms with van der Waals surface area (Å²) in [5.41, 5.74) is -0.446. The minimum Gasteiger partial charge on any atom is -0.490 e. The number of amides is 1. The lowest BCUT2D eigenvalue weighted by Gasteiger charge is -2.19. The second-order valence-corrected chi connectivity index (χ2v) is 5.74. The predicted molar refractivity (Wildman–Crippen MR) is 86.8 cm³/mol. The highest BCUT2D eigenvalue weighted by Crippen LogP contribution is 2.20. The number of benzene rings is 1. The molecule has 6 heteroatoms. The van der Waals surface area contributed by atoms with Crippen molar-refractivity contribution in [1.82, 2.24) is 5.32 Å². The van der Waals surface area contributed by atoms with Gasteiger partial charge in [0.2, 0.25) is 0 Å². The average Bonchev–Trinajstić information content (AvgIpc) is 2.51. The summed E-state index contributed by atoms with van der Waals surface area (Å²) < 4.78 is 10.8. The van der Waals surface area contributed by atoms with E-state index in [9.17, 15) is 9.59 Å². The summed E-state index contributed by atoms with van der Waals surface area (Å²) in [7, 11) is 0. The van der Waals surface area contributed by atoms with E-state index in [1.54, 1.807) is 38.1 Å². The van der Waals surface area contributed by atoms with Crippen LogP contribution in [0.4, 0.5) is 0 Å². The Kier molecular flexibility index (Phi) is 7.54. The van der Waals surface area contributed by atoms with E-state index >= 15 is 0 Å². The van der Waals surface area contributed by atoms with Crippen LogP contribution in [0.2, 0.25) is 0 Å². The summed E-state index contributed by atoms with van der Waals surface area (Å²) in [6.45, 7) is 6.89. The van der Waals surface area contributed by atoms with Gasteiger partial charge in [0.1, 0.15) is 12.4 Å². The number of carboxylic acids is 1. The van der Waals surface area contributed by atoms with E-state index in [1.807, 2.05) is 6.92 Å². The molecular formula is C17H25NO5. The Balaban J connectivity index is 2.57. The Morgan fingerprint density at radius 3 is 2.57 bits per heavy atom. The summed E-state index contributed by atoms with van der Waals surface area (Å²) in [6, 6.07) is 6.95. The predicted octanol–water partition coefficient (Wildman–Crippen LogP) is 2.33. The first-order valence-corrected chi connectivity index (χ1v) is 7.69. The third kappa shape index (κ3) is 6.28. The SMILES string of the molecule is CCOCCOc1ccccc1C(=O)NCCC(C)(C)C(=O)O. The lowest BCUT2D eigenvalue weighted by atomic mass is 9.90. The largest absolute Gasteiger partial charge is 0.490 e. The van der Waals surface area contributed by atoms with Crippen molar-refractivity contribution in [1.29, 1.82) is 0 Å². The molecule has 0 unspecified atom stereocenters. The molecule has 0 fully saturated rings. The van der Waals surface area contributed by atoms with Gasteiger partial charge in [-0.3, -0.25) is 9.59 Å². The zero-order valence-corrected chi connectivity index (χ0v) is 13.9. The number of nitrogens with one attached hydrogen (secondary N) is 1. The molecule has 0 heterocycles. The molecule has 0 spiro atoms. The number of para-hydroxylation sites is 1. The fraction of sp³-hybridized carbons (Fsp3) is 0.529. The van der Waals surface area contributed by atoms with E-state index in [1.165, 1.54) is 0 Å². The first kappa shape index (κ1) is 19.0. The summed E-state index contributed by atoms with van der Waals surface area (Å²) >= 11 is 0. The number of hydrogen-bond donors (Lipinski definition) is 2. The third-order valence-corrected chi connectivity index (χ3v) is 3.44. The van der Waals surface area contributed by atoms with Crippen LogP contribution in [0.3, 0.4) is 0 Å². The summed E-state index contributed by atoms with van der Waals surface area (Å²) in [5.74, 6) is -0.674. The molecule has 1 aromatic carbocycles. The zero-order valence-electron chi connectivity index (χ0n) is 13.9. The fourth-order valence-electron chi connectivity index (χ4n) is 1.83. The van der Waals surface area contributed by atoms with Crippen LogP contribution >= 0.6 is 0 Å². The Bertz CT molecular complexity index is 527. The number of carboxylic acid groups (broad SMARTS) is 1. The molecule has 6 nitrogen and oxygen atoms in total. The number of rotatable bonds is 10. The molecule has 128 valence electrons. The van der Waals surface area contributed by atoms with Crippen molar-refractivity contribution < 1.29 is 24.2 Å². The molecule has 1 rings (SSSR count). The van der Waals surface area contributed by atoms with Crippen molar-refractivity contribution in [3.8, 4) is 5.75 Å². The van der Waals surface area contributed by atoms with Gasteiger partial charge in [-0.15, -0.1) is 0 Å². The van der Waals surface area contributed by atoms with Gasteiger partial charge < -0.3 is 19.9 Å². The second-order valence-electron chi connectivity index (χ2n) is 5.74. The van der Waals surface area contributed by atoms with Crippen LogP contribution in [0.15, 0.2) is 24.3 Å². The van der Waals surface area contributed by atoms with Crippen LogP contribution in [0.1, 0.15) is 37.6 Å². The molecule has 1 aromatic rings. The molecule has 0 saturated heterocycles. The molecule has 1 amide bonds. The molecule has 0 aliphatic carbocycles. The molecule has 0 bridgehead atoms. The lowest BCUT2D eigenvalue weighted by Crippen LogP contribution is -2.32. The minimum absolute atomic E-state index is 0.279. The van der Waals surface area contributed by atoms with Gasteiger partial charge >= 0.3 is 5.97 Å². The summed E-state index contributed by atoms with van der Waals surface area (Å²) in [4.78, 5) is 23.3. The van der Waals surface area contributed by atoms with Crippen LogP contribution in [0, 0.1) is 5.41 Å². The van der Waals surface area contributed by atoms with Crippen molar-refractivity contribution in [3.63, 3.8) is 0 Å². The molecule has 0 aliphatic heterocycles. The van der Waals surface area contributed by atoms with E-state index in [-0.39, 0.29) is 12.5 Å². The Labute approximate surface area is 136 Å². The zero-order chi connectivity index (χ0) is 17.3. The van der Waals surface area contributed by atoms with Crippen LogP contribution in [-0.4, -0.2) is 43.3 Å². The molecule has 0 aromatic heterocycles. The van der Waals surface area contributed by atoms with Gasteiger partial charge in [-0.25, -0.2) is 0 Å². The molecule has 0 saturated carbocycles. The highest BCUT2D eigenvalue weighted by Gasteiger charge is 2.26. The van der Waals surface area contributed by atoms with Crippen molar-refractivity contribution >= 4 is 11.9 Å². The van der Waals surface area contributed by atoms with Crippen LogP contribution in [-0.2, 0) is 9.53 Å². The number of carbonyl (C=O) groups excluding carboxylic acids is 1. The number of aliphatic carboxylic acids is 1. The lowest BCUT2D eigenvalue weighted by molar-refractivity contribution is -0.147. The van der Waals surface area contributed by atoms with E-state index in [0.29, 0.717) is 37.6 Å². The van der Waals surface area contributed by atoms with E-state index in [0.717, 1.165) is 0 Å². The smallest absolute Gasteiger partial charge is 0.309 e. The molecule has 23 heavy (non-hydrogen) atoms. The molecule has 0 radical (unpaired) electrons. The Hall–Kier alpha value is -2.08. The van der Waals surface area contributed by atoms with Crippen molar-refractivity contribution in [2.24, 2.45) is 5.41 Å². The van der Waals surface area contributed by atoms with Crippen molar-refractivity contribution in [3.05, 3.63) is 29.8 Å². The molecule has 0 atom stereocenters. The van der Waals surface area contributed by atoms with E-state index < -0.39 is 11.4 Å². The van der Waals surface area contributed by atoms with Gasteiger partial charge in [0.25, 0.3) is 5.91 Å². The Morgan fingerprint density at radius 2 is 1.91 bits per heavy atom. The van der Waals surface area contributed by atoms with E-state index in [4.69, 9.17) is 14.6 Å². The van der Waals surface area contributed by atoms with Gasteiger partial charge in [0, 0.05) is 13.2 Å². The van der Waals surface area contributed by atoms with Crippen LogP contribution in [0.5, 0.6) is 5.75 Å². The molecule has 2 N–H and O–H groups in total. The topological polar surface area (TPSA) is 84.9 Å². The first-order valence-electron chi connectivity index (χ1n) is 7.69. The molecular weight excluding hydrogens is 298 g/mol. The normalized spacial score (nSPS) is 11.1. The van der Waals surface area contributed by atoms with Crippen molar-refractivity contribution in [2.45, 2.75) is 27.2 Å². The number of ether oxygens (including phenoxy) is 2. The molecule has 0 aliphatic rings. The quantitative estimate of drug-likeness (QED) is 0.646. The maximum atomic E-state index is 12.2. The maximum Gasteiger partial charge on any atom is 0.309 e. The first-order chi connectivity index (χ1) is 10.9. The van der Waals surface area contributed by atoms with Crippen LogP contribution < -0.4 is 10.1 Å². The number of carbonyl (C=O) groups is 2. The third-order valence-electron chi connectivity index (χ3n) is 3.44. The van der Waals surface area contributed by atoms with Gasteiger partial charge in [0.05, 0.1) is 17.6 Å². The standard InChI is InChI=1S/C17H25NO5/c1-4-22-11-12-23-14-8-6-5-7-13(14)15(19)18-10-9-17(2,3)16(20)21/h5-8H,4,9-12H2,1-3H3,(H,18,19)(H,20,21). The van der Waals surface area contributed by atoms with Crippen molar-refractivity contribution in [2.75, 3.05) is 26.4 Å². The second kappa shape index (κ2) is 9.15. The van der Waals surface area contributed by atoms with E-state index in [2.05, 4.69) is 5.32 Å². The minimum atomic E-state index is -0.883. The number of hydrogen-bond acceptors (Lipinski definition) is 4. The van der Waals surface area contributed by atoms with Gasteiger partial charge in [-0.2, -0.15) is 0 Å². The average molecular weight is 323 g/mol. The highest BCUT2D eigenvalue weighted by molar-refractivity contribution is 5.96. The van der Waals surface area contributed by atoms with Gasteiger partial charge in [0.15, 0.2) is 0 Å². The van der Waals surface area contributed by atoms with Gasteiger partial charge in [-0.05, 0) is 39.3 Å². The maximum absolute atomic E-state index is 12.2. The Morgan fingerprint density at radius 1 is 1.22 bits per heavy atom. The van der Waals surface area contributed by atoms with Gasteiger partial charge in [-0.1, -0.05) is 12.1 Å². The summed E-state index contributed by atoms with van der Waals surface area (Å²) in [6.07, 6.45) is 0.349. The highest BCUT2D eigenvalue weighted by atomic mass is 16.5. The van der Waals surface area contributed by atoms with Crippen LogP contribution in [0.25, 0.3) is 0 Å². The summed E-state index contributed by atoms with van der Waals surface area (Å²) in [5, 5.41) is 11.8. The monoisotopic (exact) mass is 323 g/mol. The fourth-order valence-corrected chi connectivity index (χ4v) is 1.83.